The summed E-state index contributed by atoms with van der Waals surface area (Å²) < 4.78 is 10.4. The number of carbonyl (C=O) groups is 1. The van der Waals surface area contributed by atoms with Gasteiger partial charge in [-0.2, -0.15) is 0 Å². The highest BCUT2D eigenvalue weighted by Gasteiger charge is 2.19. The summed E-state index contributed by atoms with van der Waals surface area (Å²) >= 11 is 0. The maximum atomic E-state index is 12.4. The molecule has 0 unspecified atom stereocenters. The fourth-order valence-electron chi connectivity index (χ4n) is 2.23. The van der Waals surface area contributed by atoms with Gasteiger partial charge in [-0.3, -0.25) is 9.78 Å². The molecule has 3 heterocycles. The Labute approximate surface area is 143 Å². The van der Waals surface area contributed by atoms with Crippen molar-refractivity contribution in [1.29, 1.82) is 0 Å². The summed E-state index contributed by atoms with van der Waals surface area (Å²) in [5.41, 5.74) is 7.38. The van der Waals surface area contributed by atoms with Crippen molar-refractivity contribution in [2.75, 3.05) is 12.8 Å². The smallest absolute Gasteiger partial charge is 0.274 e. The standard InChI is InChI=1S/C16H16N6O3/c1-9-12(16-19-6-7-25-16)22-14(17)13(21-9)15(23)20-8-10-11(24-2)4-3-5-18-10/h3-7H,8H2,1-2H3,(H2,17,22)(H,20,23). The summed E-state index contributed by atoms with van der Waals surface area (Å²) in [5, 5.41) is 2.71. The normalized spacial score (nSPS) is 10.5. The zero-order valence-corrected chi connectivity index (χ0v) is 13.7. The van der Waals surface area contributed by atoms with Crippen molar-refractivity contribution in [1.82, 2.24) is 25.3 Å². The van der Waals surface area contributed by atoms with E-state index in [2.05, 4.69) is 25.3 Å². The first-order valence-electron chi connectivity index (χ1n) is 7.40. The second-order valence-electron chi connectivity index (χ2n) is 5.06. The third-order valence-electron chi connectivity index (χ3n) is 3.43. The number of nitrogens with zero attached hydrogens (tertiary/aromatic N) is 4. The Kier molecular flexibility index (Phi) is 4.55. The van der Waals surface area contributed by atoms with Crippen LogP contribution in [0.25, 0.3) is 11.6 Å². The van der Waals surface area contributed by atoms with Gasteiger partial charge in [0, 0.05) is 6.20 Å². The number of nitrogen functional groups attached to an aromatic ring is 1. The molecule has 0 spiro atoms. The first-order chi connectivity index (χ1) is 12.1. The molecule has 0 fully saturated rings. The van der Waals surface area contributed by atoms with Crippen LogP contribution in [0.15, 0.2) is 35.2 Å². The van der Waals surface area contributed by atoms with Crippen molar-refractivity contribution >= 4 is 11.7 Å². The molecule has 3 N–H and O–H groups in total. The van der Waals surface area contributed by atoms with Crippen LogP contribution in [0.5, 0.6) is 5.75 Å². The number of nitrogens with two attached hydrogens (primary N) is 1. The molecule has 0 atom stereocenters. The zero-order chi connectivity index (χ0) is 17.8. The Balaban J connectivity index is 1.79. The van der Waals surface area contributed by atoms with Crippen molar-refractivity contribution in [3.05, 3.63) is 47.9 Å². The molecule has 9 heteroatoms. The van der Waals surface area contributed by atoms with Crippen LogP contribution in [0.1, 0.15) is 21.9 Å². The van der Waals surface area contributed by atoms with Crippen molar-refractivity contribution in [3.8, 4) is 17.3 Å². The third-order valence-corrected chi connectivity index (χ3v) is 3.43. The first-order valence-corrected chi connectivity index (χ1v) is 7.40. The summed E-state index contributed by atoms with van der Waals surface area (Å²) in [6, 6.07) is 3.51. The average molecular weight is 340 g/mol. The van der Waals surface area contributed by atoms with Gasteiger partial charge < -0.3 is 20.2 Å². The lowest BCUT2D eigenvalue weighted by Crippen LogP contribution is -2.26. The Morgan fingerprint density at radius 1 is 1.32 bits per heavy atom. The van der Waals surface area contributed by atoms with Gasteiger partial charge in [-0.05, 0) is 19.1 Å². The summed E-state index contributed by atoms with van der Waals surface area (Å²) in [7, 11) is 1.54. The molecule has 3 rings (SSSR count). The number of rotatable bonds is 5. The van der Waals surface area contributed by atoms with Crippen molar-refractivity contribution < 1.29 is 13.9 Å². The topological polar surface area (TPSA) is 129 Å². The van der Waals surface area contributed by atoms with Gasteiger partial charge in [0.2, 0.25) is 5.89 Å². The highest BCUT2D eigenvalue weighted by atomic mass is 16.5. The molecule has 0 radical (unpaired) electrons. The summed E-state index contributed by atoms with van der Waals surface area (Å²) in [5.74, 6) is 0.406. The van der Waals surface area contributed by atoms with E-state index in [0.717, 1.165) is 0 Å². The molecule has 3 aromatic heterocycles. The maximum absolute atomic E-state index is 12.4. The number of amides is 1. The van der Waals surface area contributed by atoms with E-state index in [4.69, 9.17) is 14.9 Å². The van der Waals surface area contributed by atoms with Crippen LogP contribution in [-0.2, 0) is 6.54 Å². The van der Waals surface area contributed by atoms with Gasteiger partial charge in [0.1, 0.15) is 23.4 Å². The number of aryl methyl sites for hydroxylation is 1. The number of methoxy groups -OCH3 is 1. The summed E-state index contributed by atoms with van der Waals surface area (Å²) in [6.07, 6.45) is 4.54. The maximum Gasteiger partial charge on any atom is 0.274 e. The molecule has 3 aromatic rings. The SMILES string of the molecule is COc1cccnc1CNC(=O)c1nc(C)c(-c2ncco2)nc1N. The number of ether oxygens (including phenoxy) is 1. The quantitative estimate of drug-likeness (QED) is 0.712. The van der Waals surface area contributed by atoms with E-state index < -0.39 is 5.91 Å². The van der Waals surface area contributed by atoms with Crippen LogP contribution in [0.4, 0.5) is 5.82 Å². The molecule has 128 valence electrons. The molecule has 0 saturated carbocycles. The van der Waals surface area contributed by atoms with E-state index in [1.807, 2.05) is 0 Å². The lowest BCUT2D eigenvalue weighted by atomic mass is 10.2. The molecule has 0 aliphatic carbocycles. The van der Waals surface area contributed by atoms with Gasteiger partial charge in [-0.15, -0.1) is 0 Å². The van der Waals surface area contributed by atoms with Gasteiger partial charge in [0.25, 0.3) is 5.91 Å². The fraction of sp³-hybridized carbons (Fsp3) is 0.188. The monoisotopic (exact) mass is 340 g/mol. The minimum Gasteiger partial charge on any atom is -0.495 e. The van der Waals surface area contributed by atoms with Crippen molar-refractivity contribution in [3.63, 3.8) is 0 Å². The number of oxazole rings is 1. The minimum absolute atomic E-state index is 0.00992. The number of anilines is 1. The Morgan fingerprint density at radius 2 is 2.16 bits per heavy atom. The van der Waals surface area contributed by atoms with Crippen LogP contribution in [0.2, 0.25) is 0 Å². The van der Waals surface area contributed by atoms with Gasteiger partial charge in [0.05, 0.1) is 25.5 Å². The van der Waals surface area contributed by atoms with Gasteiger partial charge in [-0.25, -0.2) is 15.0 Å². The molecule has 25 heavy (non-hydrogen) atoms. The van der Waals surface area contributed by atoms with E-state index in [0.29, 0.717) is 28.7 Å². The number of carbonyl (C=O) groups excluding carboxylic acids is 1. The van der Waals surface area contributed by atoms with Crippen molar-refractivity contribution in [2.24, 2.45) is 0 Å². The second-order valence-corrected chi connectivity index (χ2v) is 5.06. The molecular formula is C16H16N6O3. The molecule has 1 amide bonds. The Morgan fingerprint density at radius 3 is 2.88 bits per heavy atom. The van der Waals surface area contributed by atoms with E-state index in [1.165, 1.54) is 19.6 Å². The number of hydrogen-bond donors (Lipinski definition) is 2. The predicted molar refractivity (Wildman–Crippen MR) is 88.6 cm³/mol. The van der Waals surface area contributed by atoms with Crippen LogP contribution in [0.3, 0.4) is 0 Å². The second kappa shape index (κ2) is 6.95. The third kappa shape index (κ3) is 3.39. The van der Waals surface area contributed by atoms with E-state index in [9.17, 15) is 4.79 Å². The largest absolute Gasteiger partial charge is 0.495 e. The number of hydrogen-bond acceptors (Lipinski definition) is 8. The lowest BCUT2D eigenvalue weighted by molar-refractivity contribution is 0.0945. The molecule has 0 bridgehead atoms. The predicted octanol–water partition coefficient (Wildman–Crippen LogP) is 1.36. The van der Waals surface area contributed by atoms with Gasteiger partial charge >= 0.3 is 0 Å². The zero-order valence-electron chi connectivity index (χ0n) is 13.7. The van der Waals surface area contributed by atoms with E-state index in [1.54, 1.807) is 25.3 Å². The average Bonchev–Trinajstić information content (AvgIpc) is 3.16. The molecule has 0 aliphatic rings. The van der Waals surface area contributed by atoms with Gasteiger partial charge in [0.15, 0.2) is 11.5 Å². The van der Waals surface area contributed by atoms with E-state index >= 15 is 0 Å². The Hall–Kier alpha value is -3.49. The summed E-state index contributed by atoms with van der Waals surface area (Å²) in [4.78, 5) is 29.0. The van der Waals surface area contributed by atoms with Crippen LogP contribution < -0.4 is 15.8 Å². The number of aromatic nitrogens is 4. The Bertz CT molecular complexity index is 895. The summed E-state index contributed by atoms with van der Waals surface area (Å²) in [6.45, 7) is 1.87. The van der Waals surface area contributed by atoms with Crippen molar-refractivity contribution in [2.45, 2.75) is 13.5 Å². The minimum atomic E-state index is -0.459. The molecule has 0 aliphatic heterocycles. The molecule has 0 saturated heterocycles. The van der Waals surface area contributed by atoms with Crippen LogP contribution in [0, 0.1) is 6.92 Å². The number of pyridine rings is 1. The molecule has 0 aromatic carbocycles. The molecule has 9 nitrogen and oxygen atoms in total. The van der Waals surface area contributed by atoms with E-state index in [-0.39, 0.29) is 18.1 Å². The highest BCUT2D eigenvalue weighted by molar-refractivity contribution is 5.96. The van der Waals surface area contributed by atoms with Gasteiger partial charge in [-0.1, -0.05) is 0 Å². The first kappa shape index (κ1) is 16.4. The number of nitrogens with one attached hydrogen (secondary N) is 1. The van der Waals surface area contributed by atoms with Crippen LogP contribution in [-0.4, -0.2) is 33.0 Å². The lowest BCUT2D eigenvalue weighted by Gasteiger charge is -2.10. The van der Waals surface area contributed by atoms with Crippen LogP contribution >= 0.6 is 0 Å². The fourth-order valence-corrected chi connectivity index (χ4v) is 2.23. The highest BCUT2D eigenvalue weighted by Crippen LogP contribution is 2.21. The molecular weight excluding hydrogens is 324 g/mol.